The van der Waals surface area contributed by atoms with Crippen LogP contribution in [0.2, 0.25) is 0 Å². The van der Waals surface area contributed by atoms with Gasteiger partial charge < -0.3 is 4.79 Å². The molecule has 0 saturated heterocycles. The highest BCUT2D eigenvalue weighted by atomic mass is 79.9. The van der Waals surface area contributed by atoms with Crippen LogP contribution in [0.5, 0.6) is 0 Å². The average molecular weight is 436 g/mol. The number of carbonyl (C=O) groups excluding carboxylic acids is 2. The Morgan fingerprint density at radius 1 is 0.800 bits per heavy atom. The van der Waals surface area contributed by atoms with Gasteiger partial charge in [-0.15, -0.1) is 0 Å². The number of Topliss-reactive ketones (excluding diaryl/α,β-unsaturated/α-hetero) is 1. The minimum atomic E-state index is -0.0158. The van der Waals surface area contributed by atoms with Gasteiger partial charge in [0.05, 0.1) is 4.83 Å². The monoisotopic (exact) mass is 434 g/mol. The van der Waals surface area contributed by atoms with E-state index in [2.05, 4.69) is 22.9 Å². The average Bonchev–Trinajstić information content (AvgIpc) is 2.59. The summed E-state index contributed by atoms with van der Waals surface area (Å²) < 4.78 is 0. The van der Waals surface area contributed by atoms with Crippen molar-refractivity contribution in [2.45, 2.75) is 115 Å². The molecule has 1 atom stereocenters. The Hall–Kier alpha value is 0.170. The van der Waals surface area contributed by atoms with Gasteiger partial charge in [0, 0.05) is 12.2 Å². The first kappa shape index (κ1) is 25.2. The van der Waals surface area contributed by atoms with Crippen molar-refractivity contribution in [1.82, 2.24) is 0 Å². The molecule has 0 amide bonds. The van der Waals surface area contributed by atoms with E-state index in [-0.39, 0.29) is 15.7 Å². The zero-order valence-corrected chi connectivity index (χ0v) is 18.9. The Bertz CT molecular complexity index is 334. The molecule has 0 aromatic heterocycles. The molecule has 0 aliphatic rings. The van der Waals surface area contributed by atoms with Crippen LogP contribution in [-0.4, -0.2) is 21.5 Å². The first-order chi connectivity index (χ1) is 12.1. The summed E-state index contributed by atoms with van der Waals surface area (Å²) >= 11 is 4.89. The van der Waals surface area contributed by atoms with Crippen LogP contribution < -0.4 is 0 Å². The SMILES string of the molecule is CCCCCCCCCCCCCCC(Br)C(=O)SCCCC(C)=O. The molecular weight excluding hydrogens is 396 g/mol. The van der Waals surface area contributed by atoms with E-state index in [0.717, 1.165) is 25.0 Å². The molecule has 0 heterocycles. The lowest BCUT2D eigenvalue weighted by atomic mass is 10.0. The van der Waals surface area contributed by atoms with Crippen molar-refractivity contribution in [1.29, 1.82) is 0 Å². The maximum atomic E-state index is 12.0. The Morgan fingerprint density at radius 2 is 1.28 bits per heavy atom. The molecule has 0 aromatic rings. The fourth-order valence-corrected chi connectivity index (χ4v) is 4.38. The lowest BCUT2D eigenvalue weighted by Crippen LogP contribution is -2.10. The number of thioether (sulfide) groups is 1. The van der Waals surface area contributed by atoms with Crippen molar-refractivity contribution in [3.05, 3.63) is 0 Å². The van der Waals surface area contributed by atoms with Crippen molar-refractivity contribution in [2.24, 2.45) is 0 Å². The first-order valence-electron chi connectivity index (χ1n) is 10.4. The van der Waals surface area contributed by atoms with E-state index < -0.39 is 0 Å². The summed E-state index contributed by atoms with van der Waals surface area (Å²) in [5.41, 5.74) is 0. The highest BCUT2D eigenvalue weighted by Gasteiger charge is 2.14. The highest BCUT2D eigenvalue weighted by molar-refractivity contribution is 9.10. The molecule has 0 N–H and O–H groups in total. The van der Waals surface area contributed by atoms with E-state index in [0.29, 0.717) is 6.42 Å². The van der Waals surface area contributed by atoms with E-state index in [4.69, 9.17) is 0 Å². The van der Waals surface area contributed by atoms with Gasteiger partial charge in [0.25, 0.3) is 0 Å². The van der Waals surface area contributed by atoms with Crippen molar-refractivity contribution >= 4 is 38.6 Å². The maximum Gasteiger partial charge on any atom is 0.202 e. The van der Waals surface area contributed by atoms with Crippen molar-refractivity contribution in [3.8, 4) is 0 Å². The fraction of sp³-hybridized carbons (Fsp3) is 0.905. The number of rotatable bonds is 18. The zero-order valence-electron chi connectivity index (χ0n) is 16.5. The van der Waals surface area contributed by atoms with E-state index >= 15 is 0 Å². The van der Waals surface area contributed by atoms with Crippen molar-refractivity contribution in [2.75, 3.05) is 5.75 Å². The Labute approximate surface area is 168 Å². The van der Waals surface area contributed by atoms with Gasteiger partial charge in [-0.3, -0.25) is 4.79 Å². The van der Waals surface area contributed by atoms with Crippen LogP contribution >= 0.6 is 27.7 Å². The molecule has 0 bridgehead atoms. The predicted octanol–water partition coefficient (Wildman–Crippen LogP) is 7.47. The van der Waals surface area contributed by atoms with Gasteiger partial charge in [-0.25, -0.2) is 0 Å². The smallest absolute Gasteiger partial charge is 0.202 e. The second-order valence-electron chi connectivity index (χ2n) is 7.12. The van der Waals surface area contributed by atoms with Crippen LogP contribution in [0.3, 0.4) is 0 Å². The molecule has 0 aromatic carbocycles. The standard InChI is InChI=1S/C21H39BrO2S/c1-3-4-5-6-7-8-9-10-11-12-13-14-17-20(22)21(24)25-18-15-16-19(2)23/h20H,3-18H2,1-2H3. The van der Waals surface area contributed by atoms with Crippen molar-refractivity contribution < 1.29 is 9.59 Å². The summed E-state index contributed by atoms with van der Waals surface area (Å²) in [4.78, 5) is 22.8. The summed E-state index contributed by atoms with van der Waals surface area (Å²) in [5, 5.41) is 0.228. The number of unbranched alkanes of at least 4 members (excludes halogenated alkanes) is 11. The molecule has 4 heteroatoms. The van der Waals surface area contributed by atoms with Gasteiger partial charge in [-0.05, 0) is 19.8 Å². The Morgan fingerprint density at radius 3 is 1.76 bits per heavy atom. The fourth-order valence-electron chi connectivity index (χ4n) is 2.87. The zero-order chi connectivity index (χ0) is 18.8. The van der Waals surface area contributed by atoms with Gasteiger partial charge in [0.15, 0.2) is 0 Å². The lowest BCUT2D eigenvalue weighted by molar-refractivity contribution is -0.117. The van der Waals surface area contributed by atoms with Crippen LogP contribution in [0.4, 0.5) is 0 Å². The number of hydrogen-bond acceptors (Lipinski definition) is 3. The molecule has 0 aliphatic heterocycles. The number of alkyl halides is 1. The molecule has 25 heavy (non-hydrogen) atoms. The highest BCUT2D eigenvalue weighted by Crippen LogP contribution is 2.20. The first-order valence-corrected chi connectivity index (χ1v) is 12.3. The summed E-state index contributed by atoms with van der Waals surface area (Å²) in [5.74, 6) is 0.971. The Kier molecular flexibility index (Phi) is 19.1. The molecule has 0 fully saturated rings. The third-order valence-corrected chi connectivity index (χ3v) is 6.72. The van der Waals surface area contributed by atoms with Crippen LogP contribution in [-0.2, 0) is 9.59 Å². The summed E-state index contributed by atoms with van der Waals surface area (Å²) in [6.45, 7) is 3.87. The van der Waals surface area contributed by atoms with Crippen LogP contribution in [0.15, 0.2) is 0 Å². The third kappa shape index (κ3) is 18.8. The van der Waals surface area contributed by atoms with Gasteiger partial charge in [0.2, 0.25) is 5.12 Å². The molecule has 0 aliphatic carbocycles. The van der Waals surface area contributed by atoms with Crippen LogP contribution in [0.25, 0.3) is 0 Å². The largest absolute Gasteiger partial charge is 0.300 e. The van der Waals surface area contributed by atoms with Gasteiger partial charge in [-0.1, -0.05) is 112 Å². The molecule has 148 valence electrons. The minimum Gasteiger partial charge on any atom is -0.300 e. The second kappa shape index (κ2) is 18.9. The predicted molar refractivity (Wildman–Crippen MR) is 116 cm³/mol. The maximum absolute atomic E-state index is 12.0. The number of halogens is 1. The van der Waals surface area contributed by atoms with E-state index in [1.54, 1.807) is 6.92 Å². The normalized spacial score (nSPS) is 12.3. The molecule has 0 rings (SSSR count). The molecule has 2 nitrogen and oxygen atoms in total. The quantitative estimate of drug-likeness (QED) is 0.165. The molecule has 0 spiro atoms. The molecule has 1 unspecified atom stereocenters. The van der Waals surface area contributed by atoms with Gasteiger partial charge >= 0.3 is 0 Å². The van der Waals surface area contributed by atoms with Crippen LogP contribution in [0, 0.1) is 0 Å². The van der Waals surface area contributed by atoms with Crippen LogP contribution in [0.1, 0.15) is 110 Å². The number of ketones is 1. The Balaban J connectivity index is 3.32. The topological polar surface area (TPSA) is 34.1 Å². The van der Waals surface area contributed by atoms with E-state index in [1.165, 1.54) is 82.4 Å². The third-order valence-electron chi connectivity index (χ3n) is 4.48. The number of carbonyl (C=O) groups is 2. The van der Waals surface area contributed by atoms with Gasteiger partial charge in [0.1, 0.15) is 5.78 Å². The summed E-state index contributed by atoms with van der Waals surface area (Å²) in [7, 11) is 0. The summed E-state index contributed by atoms with van der Waals surface area (Å²) in [6, 6.07) is 0. The van der Waals surface area contributed by atoms with E-state index in [9.17, 15) is 9.59 Å². The van der Waals surface area contributed by atoms with E-state index in [1.807, 2.05) is 0 Å². The molecular formula is C21H39BrO2S. The lowest BCUT2D eigenvalue weighted by Gasteiger charge is -2.08. The molecule has 0 radical (unpaired) electrons. The minimum absolute atomic E-state index is 0.0158. The van der Waals surface area contributed by atoms with Gasteiger partial charge in [-0.2, -0.15) is 0 Å². The number of hydrogen-bond donors (Lipinski definition) is 0. The second-order valence-corrected chi connectivity index (χ2v) is 9.32. The molecule has 0 saturated carbocycles. The summed E-state index contributed by atoms with van der Waals surface area (Å²) in [6.07, 6.45) is 18.5. The van der Waals surface area contributed by atoms with Crippen molar-refractivity contribution in [3.63, 3.8) is 0 Å².